The first-order valence-corrected chi connectivity index (χ1v) is 6.22. The summed E-state index contributed by atoms with van der Waals surface area (Å²) >= 11 is 0. The Morgan fingerprint density at radius 1 is 0.947 bits per heavy atom. The van der Waals surface area contributed by atoms with Crippen LogP contribution in [-0.2, 0) is 11.2 Å². The molecule has 2 aromatic rings. The van der Waals surface area contributed by atoms with Gasteiger partial charge in [0.1, 0.15) is 0 Å². The summed E-state index contributed by atoms with van der Waals surface area (Å²) in [6.45, 7) is 3.53. The van der Waals surface area contributed by atoms with Gasteiger partial charge in [-0.05, 0) is 29.5 Å². The summed E-state index contributed by atoms with van der Waals surface area (Å²) < 4.78 is 0. The Bertz CT molecular complexity index is 568. The zero-order valence-electron chi connectivity index (χ0n) is 10.7. The predicted octanol–water partition coefficient (Wildman–Crippen LogP) is 3.93. The predicted molar refractivity (Wildman–Crippen MR) is 77.0 cm³/mol. The van der Waals surface area contributed by atoms with E-state index in [0.717, 1.165) is 5.56 Å². The van der Waals surface area contributed by atoms with Crippen molar-refractivity contribution in [2.75, 3.05) is 0 Å². The minimum absolute atomic E-state index is 0.257. The molecule has 19 heavy (non-hydrogen) atoms. The fourth-order valence-corrected chi connectivity index (χ4v) is 1.90. The average molecular weight is 252 g/mol. The monoisotopic (exact) mass is 252 g/mol. The van der Waals surface area contributed by atoms with Crippen molar-refractivity contribution in [2.45, 2.75) is 12.8 Å². The highest BCUT2D eigenvalue weighted by Crippen LogP contribution is 2.20. The molecule has 0 aliphatic rings. The molecular weight excluding hydrogens is 236 g/mol. The van der Waals surface area contributed by atoms with Crippen LogP contribution in [0.1, 0.15) is 12.0 Å². The van der Waals surface area contributed by atoms with Gasteiger partial charge >= 0.3 is 5.97 Å². The standard InChI is InChI=1S/C17H16O2/c1-13(17(18)19)7-8-14-9-11-16(12-10-14)15-5-3-2-4-6-15/h2-6,9-12H,1,7-8H2,(H,18,19). The molecular formula is C17H16O2. The number of aryl methyl sites for hydroxylation is 1. The highest BCUT2D eigenvalue weighted by molar-refractivity contribution is 5.85. The van der Waals surface area contributed by atoms with Crippen molar-refractivity contribution in [1.82, 2.24) is 0 Å². The van der Waals surface area contributed by atoms with E-state index in [1.807, 2.05) is 30.3 Å². The van der Waals surface area contributed by atoms with Crippen molar-refractivity contribution in [2.24, 2.45) is 0 Å². The number of carboxylic acid groups (broad SMARTS) is 1. The van der Waals surface area contributed by atoms with Gasteiger partial charge in [0.05, 0.1) is 0 Å². The molecule has 0 saturated carbocycles. The van der Waals surface area contributed by atoms with E-state index in [-0.39, 0.29) is 5.57 Å². The molecule has 0 radical (unpaired) electrons. The Kier molecular flexibility index (Phi) is 4.14. The van der Waals surface area contributed by atoms with Crippen LogP contribution in [0.4, 0.5) is 0 Å². The van der Waals surface area contributed by atoms with Crippen LogP contribution < -0.4 is 0 Å². The Balaban J connectivity index is 2.03. The Labute approximate surface area is 113 Å². The highest BCUT2D eigenvalue weighted by Gasteiger charge is 2.04. The van der Waals surface area contributed by atoms with Gasteiger partial charge in [0.25, 0.3) is 0 Å². The first-order valence-electron chi connectivity index (χ1n) is 6.22. The molecule has 0 unspecified atom stereocenters. The molecule has 0 heterocycles. The van der Waals surface area contributed by atoms with Gasteiger partial charge in [-0.15, -0.1) is 0 Å². The number of hydrogen-bond donors (Lipinski definition) is 1. The number of hydrogen-bond acceptors (Lipinski definition) is 1. The van der Waals surface area contributed by atoms with Crippen molar-refractivity contribution >= 4 is 5.97 Å². The average Bonchev–Trinajstić information content (AvgIpc) is 2.46. The molecule has 96 valence electrons. The Morgan fingerprint density at radius 3 is 2.11 bits per heavy atom. The van der Waals surface area contributed by atoms with E-state index in [4.69, 9.17) is 5.11 Å². The lowest BCUT2D eigenvalue weighted by molar-refractivity contribution is -0.132. The molecule has 0 atom stereocenters. The SMILES string of the molecule is C=C(CCc1ccc(-c2ccccc2)cc1)C(=O)O. The maximum Gasteiger partial charge on any atom is 0.330 e. The van der Waals surface area contributed by atoms with E-state index in [0.29, 0.717) is 12.8 Å². The van der Waals surface area contributed by atoms with Crippen LogP contribution in [0.3, 0.4) is 0 Å². The van der Waals surface area contributed by atoms with Crippen molar-refractivity contribution in [3.05, 3.63) is 72.3 Å². The van der Waals surface area contributed by atoms with Gasteiger partial charge in [0.15, 0.2) is 0 Å². The molecule has 2 rings (SSSR count). The summed E-state index contributed by atoms with van der Waals surface area (Å²) in [6.07, 6.45) is 1.19. The molecule has 0 aromatic heterocycles. The van der Waals surface area contributed by atoms with Gasteiger partial charge in [-0.3, -0.25) is 0 Å². The van der Waals surface area contributed by atoms with E-state index in [1.54, 1.807) is 0 Å². The lowest BCUT2D eigenvalue weighted by atomic mass is 10.0. The van der Waals surface area contributed by atoms with E-state index < -0.39 is 5.97 Å². The second-order valence-corrected chi connectivity index (χ2v) is 4.47. The molecule has 0 fully saturated rings. The van der Waals surface area contributed by atoms with Gasteiger partial charge in [-0.1, -0.05) is 61.2 Å². The van der Waals surface area contributed by atoms with Crippen LogP contribution >= 0.6 is 0 Å². The summed E-state index contributed by atoms with van der Waals surface area (Å²) in [5, 5.41) is 8.75. The smallest absolute Gasteiger partial charge is 0.330 e. The quantitative estimate of drug-likeness (QED) is 0.819. The fraction of sp³-hybridized carbons (Fsp3) is 0.118. The minimum Gasteiger partial charge on any atom is -0.478 e. The summed E-state index contributed by atoms with van der Waals surface area (Å²) in [5.74, 6) is -0.916. The third kappa shape index (κ3) is 3.55. The molecule has 1 N–H and O–H groups in total. The van der Waals surface area contributed by atoms with Crippen molar-refractivity contribution in [3.63, 3.8) is 0 Å². The van der Waals surface area contributed by atoms with Crippen LogP contribution in [0.15, 0.2) is 66.7 Å². The van der Waals surface area contributed by atoms with Crippen LogP contribution in [0, 0.1) is 0 Å². The maximum atomic E-state index is 10.7. The molecule has 2 aromatic carbocycles. The number of carboxylic acids is 1. The van der Waals surface area contributed by atoms with Crippen LogP contribution in [0.5, 0.6) is 0 Å². The Hall–Kier alpha value is -2.35. The van der Waals surface area contributed by atoms with Crippen molar-refractivity contribution in [3.8, 4) is 11.1 Å². The second-order valence-electron chi connectivity index (χ2n) is 4.47. The van der Waals surface area contributed by atoms with Gasteiger partial charge in [-0.2, -0.15) is 0 Å². The van der Waals surface area contributed by atoms with Crippen molar-refractivity contribution in [1.29, 1.82) is 0 Å². The maximum absolute atomic E-state index is 10.7. The van der Waals surface area contributed by atoms with E-state index in [9.17, 15) is 4.79 Å². The first-order chi connectivity index (χ1) is 9.16. The highest BCUT2D eigenvalue weighted by atomic mass is 16.4. The molecule has 0 amide bonds. The Morgan fingerprint density at radius 2 is 1.53 bits per heavy atom. The summed E-state index contributed by atoms with van der Waals surface area (Å²) in [6, 6.07) is 18.4. The zero-order chi connectivity index (χ0) is 13.7. The van der Waals surface area contributed by atoms with Gasteiger partial charge < -0.3 is 5.11 Å². The third-order valence-corrected chi connectivity index (χ3v) is 3.08. The number of aliphatic carboxylic acids is 1. The first kappa shape index (κ1) is 13.1. The number of rotatable bonds is 5. The summed E-state index contributed by atoms with van der Waals surface area (Å²) in [4.78, 5) is 10.7. The molecule has 0 bridgehead atoms. The summed E-state index contributed by atoms with van der Waals surface area (Å²) in [5.41, 5.74) is 3.74. The van der Waals surface area contributed by atoms with E-state index in [2.05, 4.69) is 30.8 Å². The largest absolute Gasteiger partial charge is 0.478 e. The normalized spacial score (nSPS) is 10.1. The number of benzene rings is 2. The number of carbonyl (C=O) groups is 1. The van der Waals surface area contributed by atoms with Crippen molar-refractivity contribution < 1.29 is 9.90 Å². The molecule has 0 aliphatic carbocycles. The summed E-state index contributed by atoms with van der Waals surface area (Å²) in [7, 11) is 0. The van der Waals surface area contributed by atoms with Crippen LogP contribution in [0.25, 0.3) is 11.1 Å². The third-order valence-electron chi connectivity index (χ3n) is 3.08. The van der Waals surface area contributed by atoms with Gasteiger partial charge in [0, 0.05) is 5.57 Å². The minimum atomic E-state index is -0.916. The topological polar surface area (TPSA) is 37.3 Å². The van der Waals surface area contributed by atoms with Crippen LogP contribution in [-0.4, -0.2) is 11.1 Å². The van der Waals surface area contributed by atoms with Gasteiger partial charge in [-0.25, -0.2) is 4.79 Å². The lowest BCUT2D eigenvalue weighted by Crippen LogP contribution is -2.00. The fourth-order valence-electron chi connectivity index (χ4n) is 1.90. The van der Waals surface area contributed by atoms with Gasteiger partial charge in [0.2, 0.25) is 0 Å². The second kappa shape index (κ2) is 6.01. The van der Waals surface area contributed by atoms with E-state index in [1.165, 1.54) is 11.1 Å². The molecule has 0 saturated heterocycles. The lowest BCUT2D eigenvalue weighted by Gasteiger charge is -2.04. The molecule has 0 aliphatic heterocycles. The molecule has 0 spiro atoms. The molecule has 2 heteroatoms. The van der Waals surface area contributed by atoms with Crippen LogP contribution in [0.2, 0.25) is 0 Å². The zero-order valence-corrected chi connectivity index (χ0v) is 10.7. The molecule has 2 nitrogen and oxygen atoms in total. The van der Waals surface area contributed by atoms with E-state index >= 15 is 0 Å².